The lowest BCUT2D eigenvalue weighted by atomic mass is 9.33. The summed E-state index contributed by atoms with van der Waals surface area (Å²) in [6.07, 6.45) is 0. The van der Waals surface area contributed by atoms with E-state index in [1.54, 1.807) is 0 Å². The normalized spacial score (nSPS) is 14.0. The maximum atomic E-state index is 6.52. The first-order valence-corrected chi connectivity index (χ1v) is 22.5. The van der Waals surface area contributed by atoms with Gasteiger partial charge in [-0.05, 0) is 120 Å². The molecule has 0 amide bonds. The third-order valence-corrected chi connectivity index (χ3v) is 13.5. The summed E-state index contributed by atoms with van der Waals surface area (Å²) in [4.78, 5) is 5.12. The molecule has 0 fully saturated rings. The van der Waals surface area contributed by atoms with Crippen molar-refractivity contribution in [2.45, 2.75) is 105 Å². The number of fused-ring (bicyclic) bond motifs is 7. The van der Waals surface area contributed by atoms with Crippen molar-refractivity contribution in [3.63, 3.8) is 0 Å². The summed E-state index contributed by atoms with van der Waals surface area (Å²) in [5.41, 5.74) is 20.7. The second-order valence-corrected chi connectivity index (χ2v) is 22.0. The summed E-state index contributed by atoms with van der Waals surface area (Å²) in [6.45, 7) is 28.0. The fraction of sp³-hybridized carbons (Fsp3) is 0.276. The van der Waals surface area contributed by atoms with Gasteiger partial charge in [0.25, 0.3) is 6.71 Å². The van der Waals surface area contributed by atoms with Gasteiger partial charge in [0.1, 0.15) is 11.2 Å². The van der Waals surface area contributed by atoms with Crippen LogP contribution in [-0.2, 0) is 21.7 Å². The van der Waals surface area contributed by atoms with E-state index in [0.717, 1.165) is 38.8 Å². The van der Waals surface area contributed by atoms with Crippen LogP contribution in [0.25, 0.3) is 33.1 Å². The molecule has 2 aliphatic rings. The van der Waals surface area contributed by atoms with Gasteiger partial charge in [-0.15, -0.1) is 0 Å². The quantitative estimate of drug-likeness (QED) is 0.166. The molecule has 0 bridgehead atoms. The highest BCUT2D eigenvalue weighted by Crippen LogP contribution is 2.48. The Hall–Kier alpha value is -6.00. The molecule has 4 heteroatoms. The van der Waals surface area contributed by atoms with Crippen LogP contribution in [0.15, 0.2) is 144 Å². The zero-order valence-corrected chi connectivity index (χ0v) is 38.7. The summed E-state index contributed by atoms with van der Waals surface area (Å²) >= 11 is 0. The van der Waals surface area contributed by atoms with Crippen LogP contribution in [0, 0.1) is 0 Å². The van der Waals surface area contributed by atoms with Gasteiger partial charge in [0, 0.05) is 50.5 Å². The molecule has 0 aliphatic carbocycles. The van der Waals surface area contributed by atoms with Crippen LogP contribution in [0.5, 0.6) is 0 Å². The maximum absolute atomic E-state index is 6.52. The first-order valence-electron chi connectivity index (χ1n) is 22.5. The minimum Gasteiger partial charge on any atom is -0.455 e. The summed E-state index contributed by atoms with van der Waals surface area (Å²) in [5, 5.41) is 2.29. The van der Waals surface area contributed by atoms with E-state index in [2.05, 4.69) is 226 Å². The van der Waals surface area contributed by atoms with Gasteiger partial charge >= 0.3 is 0 Å². The van der Waals surface area contributed by atoms with Gasteiger partial charge in [0.15, 0.2) is 0 Å². The molecule has 3 heterocycles. The Balaban J connectivity index is 1.24. The molecule has 2 aliphatic heterocycles. The highest BCUT2D eigenvalue weighted by Gasteiger charge is 2.45. The van der Waals surface area contributed by atoms with Gasteiger partial charge in [0.05, 0.1) is 0 Å². The van der Waals surface area contributed by atoms with Crippen LogP contribution in [-0.4, -0.2) is 6.71 Å². The van der Waals surface area contributed by atoms with E-state index in [0.29, 0.717) is 0 Å². The zero-order valence-electron chi connectivity index (χ0n) is 38.7. The lowest BCUT2D eigenvalue weighted by Crippen LogP contribution is -2.61. The van der Waals surface area contributed by atoms with E-state index in [1.165, 1.54) is 67.1 Å². The lowest BCUT2D eigenvalue weighted by Gasteiger charge is -2.45. The lowest BCUT2D eigenvalue weighted by molar-refractivity contribution is 0.589. The van der Waals surface area contributed by atoms with Crippen molar-refractivity contribution in [3.8, 4) is 11.1 Å². The zero-order chi connectivity index (χ0) is 43.7. The summed E-state index contributed by atoms with van der Waals surface area (Å²) < 4.78 is 6.52. The van der Waals surface area contributed by atoms with Gasteiger partial charge < -0.3 is 14.2 Å². The van der Waals surface area contributed by atoms with Gasteiger partial charge in [-0.3, -0.25) is 0 Å². The minimum absolute atomic E-state index is 0.0152. The Bertz CT molecular complexity index is 3050. The minimum atomic E-state index is -0.101. The smallest absolute Gasteiger partial charge is 0.252 e. The highest BCUT2D eigenvalue weighted by molar-refractivity contribution is 7.00. The van der Waals surface area contributed by atoms with Crippen molar-refractivity contribution in [1.82, 2.24) is 0 Å². The Morgan fingerprint density at radius 2 is 0.871 bits per heavy atom. The van der Waals surface area contributed by atoms with E-state index in [-0.39, 0.29) is 28.4 Å². The number of para-hydroxylation sites is 2. The molecule has 1 aromatic heterocycles. The van der Waals surface area contributed by atoms with E-state index in [4.69, 9.17) is 4.42 Å². The topological polar surface area (TPSA) is 19.6 Å². The number of anilines is 6. The Morgan fingerprint density at radius 3 is 1.39 bits per heavy atom. The van der Waals surface area contributed by atoms with E-state index >= 15 is 0 Å². The number of hydrogen-bond acceptors (Lipinski definition) is 3. The van der Waals surface area contributed by atoms with E-state index < -0.39 is 0 Å². The van der Waals surface area contributed by atoms with Crippen LogP contribution in [0.2, 0.25) is 0 Å². The van der Waals surface area contributed by atoms with Crippen LogP contribution in [0.3, 0.4) is 0 Å². The van der Waals surface area contributed by atoms with Crippen molar-refractivity contribution < 1.29 is 4.42 Å². The molecule has 310 valence electrons. The second kappa shape index (κ2) is 13.8. The van der Waals surface area contributed by atoms with Crippen molar-refractivity contribution in [3.05, 3.63) is 162 Å². The summed E-state index contributed by atoms with van der Waals surface area (Å²) in [7, 11) is 0. The highest BCUT2D eigenvalue weighted by atomic mass is 16.3. The maximum Gasteiger partial charge on any atom is 0.252 e. The van der Waals surface area contributed by atoms with Crippen molar-refractivity contribution >= 4 is 79.2 Å². The molecular weight excluding hydrogens is 751 g/mol. The molecule has 62 heavy (non-hydrogen) atoms. The van der Waals surface area contributed by atoms with Gasteiger partial charge in [-0.1, -0.05) is 168 Å². The monoisotopic (exact) mass is 810 g/mol. The van der Waals surface area contributed by atoms with Crippen LogP contribution in [0.1, 0.15) is 105 Å². The van der Waals surface area contributed by atoms with E-state index in [1.807, 2.05) is 6.07 Å². The standard InChI is InChI=1S/C58H59BN2O/c1-55(2,3)37-22-28-42(29-23-37)61-49-31-25-39(57(7,8)9)33-47(49)59-46-32-38(56(4,5)6)24-30-48(46)60(50-34-40(58(10,11)12)35-51(61)53(50)59)41-26-20-36(21-27-41)43-17-15-18-45-44-16-13-14-19-52(44)62-54(43)45/h13-35H,1-12H3. The molecule has 0 radical (unpaired) electrons. The molecule has 0 saturated carbocycles. The summed E-state index contributed by atoms with van der Waals surface area (Å²) in [5.74, 6) is 0. The van der Waals surface area contributed by atoms with Crippen LogP contribution in [0.4, 0.5) is 34.1 Å². The fourth-order valence-corrected chi connectivity index (χ4v) is 9.80. The SMILES string of the molecule is CC(C)(C)c1ccc(N2c3ccc(C(C)(C)C)cc3B3c4cc(C(C)(C)C)ccc4N(c4ccc(-c5cccc6c5oc5ccccc56)cc4)c4cc(C(C)(C)C)cc2c43)cc1. The Kier molecular flexibility index (Phi) is 8.89. The number of hydrogen-bond donors (Lipinski definition) is 0. The molecule has 0 saturated heterocycles. The average molecular weight is 811 g/mol. The Morgan fingerprint density at radius 1 is 0.403 bits per heavy atom. The number of furan rings is 1. The molecule has 3 nitrogen and oxygen atoms in total. The predicted molar refractivity (Wildman–Crippen MR) is 268 cm³/mol. The third-order valence-electron chi connectivity index (χ3n) is 13.5. The molecule has 0 unspecified atom stereocenters. The predicted octanol–water partition coefficient (Wildman–Crippen LogP) is 14.5. The van der Waals surface area contributed by atoms with Gasteiger partial charge in [-0.25, -0.2) is 0 Å². The van der Waals surface area contributed by atoms with Gasteiger partial charge in [-0.2, -0.15) is 0 Å². The summed E-state index contributed by atoms with van der Waals surface area (Å²) in [6, 6.07) is 52.9. The Labute approximate surface area is 369 Å². The molecule has 10 rings (SSSR count). The third kappa shape index (κ3) is 6.48. The van der Waals surface area contributed by atoms with Crippen LogP contribution >= 0.6 is 0 Å². The molecule has 7 aromatic carbocycles. The largest absolute Gasteiger partial charge is 0.455 e. The van der Waals surface area contributed by atoms with Crippen molar-refractivity contribution in [2.24, 2.45) is 0 Å². The molecule has 0 atom stereocenters. The number of nitrogens with zero attached hydrogens (tertiary/aromatic N) is 2. The van der Waals surface area contributed by atoms with E-state index in [9.17, 15) is 0 Å². The van der Waals surface area contributed by atoms with Crippen molar-refractivity contribution in [2.75, 3.05) is 9.80 Å². The molecule has 0 N–H and O–H groups in total. The van der Waals surface area contributed by atoms with Crippen LogP contribution < -0.4 is 26.2 Å². The number of rotatable bonds is 3. The molecule has 8 aromatic rings. The first kappa shape index (κ1) is 40.1. The number of benzene rings is 7. The average Bonchev–Trinajstić information content (AvgIpc) is 3.61. The molecular formula is C58H59BN2O. The van der Waals surface area contributed by atoms with Crippen molar-refractivity contribution in [1.29, 1.82) is 0 Å². The molecule has 0 spiro atoms. The van der Waals surface area contributed by atoms with Gasteiger partial charge in [0.2, 0.25) is 0 Å². The second-order valence-electron chi connectivity index (χ2n) is 22.0. The first-order chi connectivity index (χ1) is 29.3. The fourth-order valence-electron chi connectivity index (χ4n) is 9.80.